The molecule has 9 heteroatoms. The van der Waals surface area contributed by atoms with E-state index in [9.17, 15) is 9.59 Å². The molecule has 0 radical (unpaired) electrons. The molecule has 0 saturated heterocycles. The molecule has 1 atom stereocenters. The van der Waals surface area contributed by atoms with Crippen molar-refractivity contribution in [2.45, 2.75) is 12.5 Å². The Balaban J connectivity index is 1.57. The van der Waals surface area contributed by atoms with Crippen LogP contribution in [0.5, 0.6) is 0 Å². The second kappa shape index (κ2) is 9.65. The monoisotopic (exact) mass is 485 g/mol. The van der Waals surface area contributed by atoms with E-state index < -0.39 is 17.9 Å². The van der Waals surface area contributed by atoms with Crippen molar-refractivity contribution >= 4 is 57.3 Å². The van der Waals surface area contributed by atoms with Crippen molar-refractivity contribution in [3.8, 4) is 10.7 Å². The number of rotatable bonds is 6. The molecule has 2 aromatic carbocycles. The molecule has 6 nitrogen and oxygen atoms in total. The maximum atomic E-state index is 12.8. The minimum Gasteiger partial charge on any atom is -0.467 e. The summed E-state index contributed by atoms with van der Waals surface area (Å²) in [6.07, 6.45) is 1.97. The third kappa shape index (κ3) is 4.75. The van der Waals surface area contributed by atoms with Crippen LogP contribution in [-0.2, 0) is 16.0 Å². The summed E-state index contributed by atoms with van der Waals surface area (Å²) >= 11 is 13.8. The van der Waals surface area contributed by atoms with Gasteiger partial charge < -0.3 is 10.1 Å². The van der Waals surface area contributed by atoms with E-state index in [1.807, 2.05) is 35.7 Å². The molecule has 0 spiro atoms. The first-order chi connectivity index (χ1) is 15.5. The zero-order valence-electron chi connectivity index (χ0n) is 16.8. The molecule has 4 aromatic rings. The third-order valence-electron chi connectivity index (χ3n) is 4.83. The number of hydrogen-bond donors (Lipinski definition) is 1. The van der Waals surface area contributed by atoms with Crippen LogP contribution in [0.2, 0.25) is 10.0 Å². The number of esters is 1. The number of carbonyl (C=O) groups is 2. The maximum absolute atomic E-state index is 12.8. The lowest BCUT2D eigenvalue weighted by Crippen LogP contribution is -2.43. The Labute approximate surface area is 198 Å². The second-order valence-electron chi connectivity index (χ2n) is 6.91. The highest BCUT2D eigenvalue weighted by molar-refractivity contribution is 7.13. The van der Waals surface area contributed by atoms with Crippen LogP contribution in [0.25, 0.3) is 21.6 Å². The predicted octanol–water partition coefficient (Wildman–Crippen LogP) is 5.18. The fourth-order valence-electron chi connectivity index (χ4n) is 3.29. The summed E-state index contributed by atoms with van der Waals surface area (Å²) in [5.74, 6) is -1.12. The largest absolute Gasteiger partial charge is 0.467 e. The molecular weight excluding hydrogens is 469 g/mol. The van der Waals surface area contributed by atoms with E-state index in [0.29, 0.717) is 0 Å². The zero-order valence-corrected chi connectivity index (χ0v) is 19.2. The van der Waals surface area contributed by atoms with Crippen molar-refractivity contribution in [1.29, 1.82) is 0 Å². The third-order valence-corrected chi connectivity index (χ3v) is 6.25. The number of halogens is 2. The van der Waals surface area contributed by atoms with E-state index >= 15 is 0 Å². The predicted molar refractivity (Wildman–Crippen MR) is 126 cm³/mol. The van der Waals surface area contributed by atoms with Gasteiger partial charge in [0.2, 0.25) is 0 Å². The molecule has 0 saturated carbocycles. The van der Waals surface area contributed by atoms with Crippen LogP contribution in [0.4, 0.5) is 0 Å². The Kier molecular flexibility index (Phi) is 6.69. The number of benzene rings is 2. The molecule has 162 valence electrons. The van der Waals surface area contributed by atoms with Crippen LogP contribution < -0.4 is 5.32 Å². The average molecular weight is 486 g/mol. The Hall–Kier alpha value is -3.00. The molecular formula is C23H17Cl2N3O3S. The summed E-state index contributed by atoms with van der Waals surface area (Å²) in [5, 5.41) is 6.75. The van der Waals surface area contributed by atoms with Crippen molar-refractivity contribution in [1.82, 2.24) is 15.3 Å². The highest BCUT2D eigenvalue weighted by atomic mass is 35.5. The smallest absolute Gasteiger partial charge is 0.328 e. The summed E-state index contributed by atoms with van der Waals surface area (Å²) in [6, 6.07) is 13.4. The number of ether oxygens (including phenoxy) is 1. The number of nitrogens with one attached hydrogen (secondary N) is 1. The van der Waals surface area contributed by atoms with Crippen LogP contribution in [0.1, 0.15) is 15.9 Å². The van der Waals surface area contributed by atoms with E-state index in [0.717, 1.165) is 27.2 Å². The van der Waals surface area contributed by atoms with E-state index in [1.165, 1.54) is 18.4 Å². The van der Waals surface area contributed by atoms with E-state index in [-0.39, 0.29) is 22.0 Å². The highest BCUT2D eigenvalue weighted by Gasteiger charge is 2.25. The summed E-state index contributed by atoms with van der Waals surface area (Å²) < 4.78 is 4.89. The summed E-state index contributed by atoms with van der Waals surface area (Å²) in [4.78, 5) is 34.1. The van der Waals surface area contributed by atoms with Crippen molar-refractivity contribution < 1.29 is 14.3 Å². The van der Waals surface area contributed by atoms with Crippen molar-refractivity contribution in [2.24, 2.45) is 0 Å². The summed E-state index contributed by atoms with van der Waals surface area (Å²) in [5.41, 5.74) is 2.56. The number of aromatic nitrogens is 2. The quantitative estimate of drug-likeness (QED) is 0.380. The SMILES string of the molecule is COC(=O)C(Cc1ccc2nc(-c3nccs3)ccc2c1)NC(=O)c1c(Cl)cccc1Cl. The molecule has 1 unspecified atom stereocenters. The van der Waals surface area contributed by atoms with Crippen LogP contribution >= 0.6 is 34.5 Å². The summed E-state index contributed by atoms with van der Waals surface area (Å²) in [7, 11) is 1.27. The highest BCUT2D eigenvalue weighted by Crippen LogP contribution is 2.25. The fourth-order valence-corrected chi connectivity index (χ4v) is 4.46. The molecule has 32 heavy (non-hydrogen) atoms. The average Bonchev–Trinajstić information content (AvgIpc) is 3.32. The van der Waals surface area contributed by atoms with Gasteiger partial charge in [0, 0.05) is 23.4 Å². The first-order valence-electron chi connectivity index (χ1n) is 9.58. The van der Waals surface area contributed by atoms with Gasteiger partial charge in [0.15, 0.2) is 0 Å². The number of amides is 1. The van der Waals surface area contributed by atoms with Crippen molar-refractivity contribution in [3.05, 3.63) is 81.3 Å². The van der Waals surface area contributed by atoms with Gasteiger partial charge in [-0.1, -0.05) is 41.4 Å². The molecule has 0 bridgehead atoms. The van der Waals surface area contributed by atoms with Gasteiger partial charge in [0.1, 0.15) is 11.0 Å². The number of nitrogens with zero attached hydrogens (tertiary/aromatic N) is 2. The van der Waals surface area contributed by atoms with Crippen molar-refractivity contribution in [3.63, 3.8) is 0 Å². The molecule has 0 aliphatic rings. The van der Waals surface area contributed by atoms with Gasteiger partial charge in [0.05, 0.1) is 33.9 Å². The normalized spacial score (nSPS) is 11.8. The van der Waals surface area contributed by atoms with Gasteiger partial charge >= 0.3 is 5.97 Å². The zero-order chi connectivity index (χ0) is 22.7. The van der Waals surface area contributed by atoms with E-state index in [2.05, 4.69) is 15.3 Å². The molecule has 0 aliphatic heterocycles. The lowest BCUT2D eigenvalue weighted by Gasteiger charge is -2.18. The minimum absolute atomic E-state index is 0.113. The van der Waals surface area contributed by atoms with Gasteiger partial charge in [-0.2, -0.15) is 0 Å². The minimum atomic E-state index is -0.917. The van der Waals surface area contributed by atoms with Gasteiger partial charge in [-0.05, 0) is 35.9 Å². The number of carbonyl (C=O) groups excluding carboxylic acids is 2. The van der Waals surface area contributed by atoms with Crippen LogP contribution in [-0.4, -0.2) is 35.0 Å². The summed E-state index contributed by atoms with van der Waals surface area (Å²) in [6.45, 7) is 0. The van der Waals surface area contributed by atoms with Crippen molar-refractivity contribution in [2.75, 3.05) is 7.11 Å². The number of methoxy groups -OCH3 is 1. The van der Waals surface area contributed by atoms with Gasteiger partial charge in [-0.15, -0.1) is 11.3 Å². The van der Waals surface area contributed by atoms with Gasteiger partial charge in [-0.3, -0.25) is 4.79 Å². The Bertz CT molecular complexity index is 1270. The van der Waals surface area contributed by atoms with Crippen LogP contribution in [0.15, 0.2) is 60.1 Å². The molecule has 1 amide bonds. The van der Waals surface area contributed by atoms with E-state index in [4.69, 9.17) is 27.9 Å². The first kappa shape index (κ1) is 22.2. The Morgan fingerprint density at radius 1 is 1.12 bits per heavy atom. The second-order valence-corrected chi connectivity index (χ2v) is 8.62. The van der Waals surface area contributed by atoms with Gasteiger partial charge in [-0.25, -0.2) is 14.8 Å². The standard InChI is InChI=1S/C23H17Cl2N3O3S/c1-31-23(30)19(28-21(29)20-15(24)3-2-4-16(20)25)12-13-5-7-17-14(11-13)6-8-18(27-17)22-26-9-10-32-22/h2-11,19H,12H2,1H3,(H,28,29). The van der Waals surface area contributed by atoms with Gasteiger partial charge in [0.25, 0.3) is 5.91 Å². The van der Waals surface area contributed by atoms with Crippen LogP contribution in [0.3, 0.4) is 0 Å². The Morgan fingerprint density at radius 3 is 2.59 bits per heavy atom. The lowest BCUT2D eigenvalue weighted by molar-refractivity contribution is -0.142. The molecule has 4 rings (SSSR count). The maximum Gasteiger partial charge on any atom is 0.328 e. The number of fused-ring (bicyclic) bond motifs is 1. The first-order valence-corrected chi connectivity index (χ1v) is 11.2. The van der Waals surface area contributed by atoms with Crippen LogP contribution in [0, 0.1) is 0 Å². The number of pyridine rings is 1. The Morgan fingerprint density at radius 2 is 1.91 bits per heavy atom. The molecule has 1 N–H and O–H groups in total. The number of thiazole rings is 1. The number of hydrogen-bond acceptors (Lipinski definition) is 6. The van der Waals surface area contributed by atoms with E-state index in [1.54, 1.807) is 24.4 Å². The molecule has 2 aromatic heterocycles. The fraction of sp³-hybridized carbons (Fsp3) is 0.130. The lowest BCUT2D eigenvalue weighted by atomic mass is 10.0. The topological polar surface area (TPSA) is 81.2 Å². The molecule has 0 fully saturated rings. The molecule has 0 aliphatic carbocycles. The molecule has 2 heterocycles.